The van der Waals surface area contributed by atoms with Crippen LogP contribution in [0.3, 0.4) is 0 Å². The Bertz CT molecular complexity index is 2530. The molecule has 0 saturated carbocycles. The molecule has 0 unspecified atom stereocenters. The Kier molecular flexibility index (Phi) is 16.1. The summed E-state index contributed by atoms with van der Waals surface area (Å²) in [5.74, 6) is -6.12. The van der Waals surface area contributed by atoms with E-state index in [1.165, 1.54) is 20.3 Å². The first-order valence-electron chi connectivity index (χ1n) is 25.2. The maximum Gasteiger partial charge on any atom is 0.410 e. The van der Waals surface area contributed by atoms with Crippen molar-refractivity contribution in [3.05, 3.63) is 58.0 Å². The number of allylic oxidation sites excluding steroid dienone is 2. The zero-order valence-corrected chi connectivity index (χ0v) is 43.0. The lowest BCUT2D eigenvalue weighted by Gasteiger charge is -2.40. The molecule has 2 amide bonds. The zero-order valence-electron chi connectivity index (χ0n) is 43.0. The molecule has 0 radical (unpaired) electrons. The monoisotopic (exact) mass is 973 g/mol. The molecule has 1 spiro atoms. The number of nitrogens with one attached hydrogen (secondary N) is 1. The summed E-state index contributed by atoms with van der Waals surface area (Å²) in [6.45, 7) is 24.0. The number of nitrogens with zero attached hydrogens (tertiary/aromatic N) is 5. The standard InChI is InChI=1S/C53H76N6O11/c1-12-13-20-57-23-25-59(26-24-57)51(66)69-47-32(6)36(67-11)17-27-68-52(10)49(64)39-37-38(45(62)35(9)48(39)70-52)46(63)42(41-40(37)55-53(56-41)18-21-58(22-19-53)28-29(2)3)54-50(65)31(5)16-14-15-30(4)43(60)33(7)44(61)34(47)8/h14-17,27,29-30,32-34,36,43-44,47,55,60-63H,12-13,18-26,28H2,1-11H3/b15-14+,27-17+,31-16-,54-42?/t30-,32+,33+,34+,36-,43-,44+,47+,52-/m0/s1. The normalized spacial score (nSPS) is 31.6. The van der Waals surface area contributed by atoms with Crippen LogP contribution in [0.2, 0.25) is 0 Å². The molecule has 6 heterocycles. The van der Waals surface area contributed by atoms with E-state index in [-0.39, 0.29) is 49.7 Å². The number of anilines is 1. The molecular weight excluding hydrogens is 897 g/mol. The number of hydrogen-bond acceptors (Lipinski definition) is 15. The fourth-order valence-corrected chi connectivity index (χ4v) is 10.8. The Morgan fingerprint density at radius 2 is 1.60 bits per heavy atom. The number of benzene rings is 2. The van der Waals surface area contributed by atoms with Crippen LogP contribution in [0.25, 0.3) is 10.8 Å². The Labute approximate surface area is 411 Å². The number of phenols is 2. The maximum absolute atomic E-state index is 14.9. The number of amides is 2. The number of unbranched alkanes of at least 4 members (excludes halogenated alkanes) is 1. The number of likely N-dealkylation sites (tertiary alicyclic amines) is 1. The van der Waals surface area contributed by atoms with Gasteiger partial charge >= 0.3 is 11.9 Å². The minimum atomic E-state index is -1.97. The number of aliphatic hydroxyl groups excluding tert-OH is 2. The van der Waals surface area contributed by atoms with E-state index in [0.29, 0.717) is 50.6 Å². The lowest BCUT2D eigenvalue weighted by molar-refractivity contribution is -0.114. The third-order valence-electron chi connectivity index (χ3n) is 15.3. The maximum atomic E-state index is 14.9. The molecule has 2 fully saturated rings. The summed E-state index contributed by atoms with van der Waals surface area (Å²) in [6.07, 6.45) is 6.71. The fraction of sp³-hybridized carbons (Fsp3) is 0.642. The molecule has 0 aromatic heterocycles. The van der Waals surface area contributed by atoms with Crippen molar-refractivity contribution in [3.8, 4) is 17.2 Å². The second-order valence-electron chi connectivity index (χ2n) is 20.9. The van der Waals surface area contributed by atoms with Crippen LogP contribution in [0, 0.1) is 36.5 Å². The summed E-state index contributed by atoms with van der Waals surface area (Å²) in [5, 5.41) is 51.5. The van der Waals surface area contributed by atoms with Gasteiger partial charge in [0, 0.05) is 113 Å². The van der Waals surface area contributed by atoms with Crippen LogP contribution >= 0.6 is 0 Å². The number of ether oxygens (including phenoxy) is 4. The smallest absolute Gasteiger partial charge is 0.410 e. The molecule has 5 bridgehead atoms. The number of aliphatic hydroxyl groups is 2. The molecule has 6 aliphatic rings. The van der Waals surface area contributed by atoms with Crippen molar-refractivity contribution >= 4 is 34.2 Å². The number of piperidine rings is 1. The summed E-state index contributed by atoms with van der Waals surface area (Å²) in [4.78, 5) is 58.9. The van der Waals surface area contributed by atoms with Crippen molar-refractivity contribution in [1.82, 2.24) is 14.7 Å². The van der Waals surface area contributed by atoms with E-state index >= 15 is 0 Å². The predicted octanol–water partition coefficient (Wildman–Crippen LogP) is 5.74. The minimum Gasteiger partial charge on any atom is -0.507 e. The van der Waals surface area contributed by atoms with Gasteiger partial charge in [0.2, 0.25) is 0 Å². The average molecular weight is 973 g/mol. The van der Waals surface area contributed by atoms with E-state index in [9.17, 15) is 34.8 Å². The second-order valence-corrected chi connectivity index (χ2v) is 20.9. The van der Waals surface area contributed by atoms with E-state index in [1.54, 1.807) is 63.8 Å². The molecule has 2 aromatic rings. The summed E-state index contributed by atoms with van der Waals surface area (Å²) in [7, 11) is 1.50. The van der Waals surface area contributed by atoms with Crippen LogP contribution in [-0.4, -0.2) is 148 Å². The van der Waals surface area contributed by atoms with Gasteiger partial charge in [0.15, 0.2) is 5.75 Å². The molecule has 384 valence electrons. The van der Waals surface area contributed by atoms with Gasteiger partial charge < -0.3 is 54.5 Å². The summed E-state index contributed by atoms with van der Waals surface area (Å²) in [6, 6.07) is 0. The van der Waals surface area contributed by atoms with Crippen molar-refractivity contribution in [2.24, 2.45) is 39.6 Å². The summed E-state index contributed by atoms with van der Waals surface area (Å²) < 4.78 is 24.9. The van der Waals surface area contributed by atoms with Crippen molar-refractivity contribution in [2.75, 3.05) is 64.8 Å². The highest BCUT2D eigenvalue weighted by molar-refractivity contribution is 6.21. The lowest BCUT2D eigenvalue weighted by Crippen LogP contribution is -2.52. The van der Waals surface area contributed by atoms with Gasteiger partial charge in [-0.1, -0.05) is 73.1 Å². The third-order valence-corrected chi connectivity index (χ3v) is 15.3. The van der Waals surface area contributed by atoms with Gasteiger partial charge in [-0.25, -0.2) is 9.79 Å². The van der Waals surface area contributed by atoms with Crippen molar-refractivity contribution in [1.29, 1.82) is 0 Å². The number of rotatable bonds is 7. The SMILES string of the molecule is CCCCN1CCN(C(=O)O[C@H]2[C@H](C)[C@H](O)[C@H](C)[C@@H](O)[C@@H](C)/C=C/C=C(/C)C(=O)N=c3c(O)c4c(O)c(C)c5c(c4c4c3=NC3(CCN(CC(C)C)CC3)N4)C(=O)[C@@](C)(O/C=C/[C@H](OC)[C@H]2C)O5)CC1. The lowest BCUT2D eigenvalue weighted by atomic mass is 9.78. The average Bonchev–Trinajstić information content (AvgIpc) is 3.84. The van der Waals surface area contributed by atoms with Gasteiger partial charge in [0.05, 0.1) is 41.2 Å². The highest BCUT2D eigenvalue weighted by Crippen LogP contribution is 2.51. The largest absolute Gasteiger partial charge is 0.507 e. The van der Waals surface area contributed by atoms with Gasteiger partial charge in [0.1, 0.15) is 34.0 Å². The number of Topliss-reactive ketones (excluding diaryl/α,β-unsaturated/α-hetero) is 1. The Morgan fingerprint density at radius 3 is 2.24 bits per heavy atom. The topological polar surface area (TPSA) is 216 Å². The molecule has 8 rings (SSSR count). The third kappa shape index (κ3) is 10.3. The summed E-state index contributed by atoms with van der Waals surface area (Å²) in [5.41, 5.74) is -0.109. The van der Waals surface area contributed by atoms with E-state index in [4.69, 9.17) is 23.9 Å². The number of fused-ring (bicyclic) bond motifs is 13. The van der Waals surface area contributed by atoms with Gasteiger partial charge in [-0.15, -0.1) is 0 Å². The number of aromatic hydroxyl groups is 2. The molecule has 2 saturated heterocycles. The van der Waals surface area contributed by atoms with E-state index in [1.807, 2.05) is 6.92 Å². The number of carbonyl (C=O) groups excluding carboxylic acids is 3. The molecule has 17 heteroatoms. The van der Waals surface area contributed by atoms with E-state index in [2.05, 4.69) is 40.9 Å². The Balaban J connectivity index is 1.32. The van der Waals surface area contributed by atoms with E-state index < -0.39 is 83.1 Å². The van der Waals surface area contributed by atoms with Crippen LogP contribution in [0.4, 0.5) is 10.5 Å². The van der Waals surface area contributed by atoms with Gasteiger partial charge in [-0.3, -0.25) is 19.5 Å². The molecular formula is C53H76N6O11. The second kappa shape index (κ2) is 21.3. The molecule has 9 atom stereocenters. The Morgan fingerprint density at radius 1 is 0.914 bits per heavy atom. The first-order valence-corrected chi connectivity index (χ1v) is 25.2. The number of phenolic OH excluding ortho intramolecular Hbond substituents is 2. The van der Waals surface area contributed by atoms with Gasteiger partial charge in [0.25, 0.3) is 11.7 Å². The highest BCUT2D eigenvalue weighted by Gasteiger charge is 2.51. The molecule has 5 N–H and O–H groups in total. The summed E-state index contributed by atoms with van der Waals surface area (Å²) >= 11 is 0. The molecule has 6 aliphatic heterocycles. The van der Waals surface area contributed by atoms with Crippen molar-refractivity contribution < 1.29 is 53.8 Å². The molecule has 2 aromatic carbocycles. The fourth-order valence-electron chi connectivity index (χ4n) is 10.8. The van der Waals surface area contributed by atoms with Crippen molar-refractivity contribution in [3.63, 3.8) is 0 Å². The van der Waals surface area contributed by atoms with Crippen LogP contribution < -0.4 is 20.8 Å². The number of methoxy groups -OCH3 is 1. The number of ketones is 1. The van der Waals surface area contributed by atoms with Crippen LogP contribution in [0.15, 0.2) is 46.1 Å². The zero-order chi connectivity index (χ0) is 51.0. The number of hydrogen-bond donors (Lipinski definition) is 5. The highest BCUT2D eigenvalue weighted by atomic mass is 16.7. The number of piperazine rings is 1. The minimum absolute atomic E-state index is 0.0568. The quantitative estimate of drug-likeness (QED) is 0.209. The van der Waals surface area contributed by atoms with Crippen LogP contribution in [0.5, 0.6) is 17.2 Å². The molecule has 70 heavy (non-hydrogen) atoms. The molecule has 17 nitrogen and oxygen atoms in total. The van der Waals surface area contributed by atoms with Crippen LogP contribution in [-0.2, 0) is 19.0 Å². The van der Waals surface area contributed by atoms with Crippen LogP contribution in [0.1, 0.15) is 104 Å². The van der Waals surface area contributed by atoms with Crippen molar-refractivity contribution in [2.45, 2.75) is 131 Å². The van der Waals surface area contributed by atoms with Gasteiger partial charge in [-0.05, 0) is 38.8 Å². The predicted molar refractivity (Wildman–Crippen MR) is 265 cm³/mol. The first kappa shape index (κ1) is 52.7. The Hall–Kier alpha value is -5.07. The van der Waals surface area contributed by atoms with E-state index in [0.717, 1.165) is 39.0 Å². The number of carbonyl (C=O) groups is 3. The first-order chi connectivity index (χ1) is 33.1. The molecule has 0 aliphatic carbocycles. The van der Waals surface area contributed by atoms with Gasteiger partial charge in [-0.2, -0.15) is 0 Å².